The summed E-state index contributed by atoms with van der Waals surface area (Å²) < 4.78 is 0. The molecule has 0 spiro atoms. The fraction of sp³-hybridized carbons (Fsp3) is 0. The van der Waals surface area contributed by atoms with Gasteiger partial charge >= 0.3 is 0 Å². The highest BCUT2D eigenvalue weighted by Crippen LogP contribution is 2.29. The van der Waals surface area contributed by atoms with Crippen LogP contribution in [-0.2, 0) is 0 Å². The van der Waals surface area contributed by atoms with Crippen molar-refractivity contribution < 1.29 is 9.59 Å². The van der Waals surface area contributed by atoms with Crippen molar-refractivity contribution in [2.75, 3.05) is 10.6 Å². The topological polar surface area (TPSA) is 110 Å². The van der Waals surface area contributed by atoms with Gasteiger partial charge in [-0.25, -0.2) is 9.97 Å². The van der Waals surface area contributed by atoms with E-state index >= 15 is 0 Å². The van der Waals surface area contributed by atoms with E-state index in [1.165, 1.54) is 12.3 Å². The van der Waals surface area contributed by atoms with E-state index in [4.69, 9.17) is 11.6 Å². The Labute approximate surface area is 239 Å². The minimum absolute atomic E-state index is 0.102. The number of benzene rings is 2. The van der Waals surface area contributed by atoms with Gasteiger partial charge in [0.15, 0.2) is 0 Å². The molecule has 0 aliphatic heterocycles. The van der Waals surface area contributed by atoms with Gasteiger partial charge < -0.3 is 10.6 Å². The van der Waals surface area contributed by atoms with Crippen LogP contribution in [0.15, 0.2) is 92.3 Å². The second-order valence-electron chi connectivity index (χ2n) is 9.15. The molecule has 4 aromatic heterocycles. The van der Waals surface area contributed by atoms with Crippen LogP contribution in [0, 0.1) is 0 Å². The molecule has 0 atom stereocenters. The quantitative estimate of drug-likeness (QED) is 0.210. The van der Waals surface area contributed by atoms with Crippen molar-refractivity contribution >= 4 is 79.7 Å². The summed E-state index contributed by atoms with van der Waals surface area (Å²) in [6.07, 6.45) is 6.38. The molecule has 0 aliphatic carbocycles. The van der Waals surface area contributed by atoms with Crippen molar-refractivity contribution in [2.24, 2.45) is 0 Å². The summed E-state index contributed by atoms with van der Waals surface area (Å²) >= 11 is 6.59. The number of hydrogen-bond donors (Lipinski definition) is 2. The first-order valence-corrected chi connectivity index (χ1v) is 12.9. The minimum atomic E-state index is -0.453. The number of para-hydroxylation sites is 1. The number of nitrogens with one attached hydrogen (secondary N) is 2. The van der Waals surface area contributed by atoms with Crippen LogP contribution in [0.3, 0.4) is 0 Å². The van der Waals surface area contributed by atoms with E-state index in [1.54, 1.807) is 36.5 Å². The third-order valence-electron chi connectivity index (χ3n) is 6.52. The molecule has 41 heavy (non-hydrogen) atoms. The Bertz CT molecular complexity index is 2060. The van der Waals surface area contributed by atoms with Crippen LogP contribution in [0.5, 0.6) is 0 Å². The Hall–Kier alpha value is -5.47. The SMILES string of the molecule is C=Cc1cc(NC(=O)c2ccc3ccc4c(Cl)cc(C(=O)Nc5cnc6ccccc6c5)nc4c3n2)cnc1C=C. The number of carbonyl (C=O) groups is 2. The molecule has 0 aliphatic rings. The molecular formula is C32H21ClN6O2. The van der Waals surface area contributed by atoms with Crippen molar-refractivity contribution in [2.45, 2.75) is 0 Å². The number of amides is 2. The van der Waals surface area contributed by atoms with Gasteiger partial charge in [0.25, 0.3) is 11.8 Å². The van der Waals surface area contributed by atoms with Gasteiger partial charge in [0.2, 0.25) is 0 Å². The molecule has 2 N–H and O–H groups in total. The maximum Gasteiger partial charge on any atom is 0.274 e. The molecule has 9 heteroatoms. The smallest absolute Gasteiger partial charge is 0.274 e. The summed E-state index contributed by atoms with van der Waals surface area (Å²) in [5.74, 6) is -0.888. The Morgan fingerprint density at radius 2 is 1.44 bits per heavy atom. The highest BCUT2D eigenvalue weighted by atomic mass is 35.5. The van der Waals surface area contributed by atoms with E-state index in [-0.39, 0.29) is 11.4 Å². The minimum Gasteiger partial charge on any atom is -0.319 e. The Morgan fingerprint density at radius 3 is 2.24 bits per heavy atom. The van der Waals surface area contributed by atoms with Crippen LogP contribution >= 0.6 is 11.6 Å². The van der Waals surface area contributed by atoms with Crippen LogP contribution in [0.4, 0.5) is 11.4 Å². The number of halogens is 1. The van der Waals surface area contributed by atoms with Crippen molar-refractivity contribution in [3.63, 3.8) is 0 Å². The highest BCUT2D eigenvalue weighted by molar-refractivity contribution is 6.36. The molecule has 4 heterocycles. The van der Waals surface area contributed by atoms with Crippen molar-refractivity contribution in [3.8, 4) is 0 Å². The Balaban J connectivity index is 1.35. The zero-order valence-corrected chi connectivity index (χ0v) is 22.3. The Morgan fingerprint density at radius 1 is 0.732 bits per heavy atom. The summed E-state index contributed by atoms with van der Waals surface area (Å²) in [6.45, 7) is 7.52. The van der Waals surface area contributed by atoms with E-state index in [0.717, 1.165) is 21.9 Å². The lowest BCUT2D eigenvalue weighted by atomic mass is 10.1. The van der Waals surface area contributed by atoms with Crippen molar-refractivity contribution in [1.82, 2.24) is 19.9 Å². The van der Waals surface area contributed by atoms with Crippen LogP contribution in [0.25, 0.3) is 44.9 Å². The molecule has 0 saturated heterocycles. The number of nitrogens with zero attached hydrogens (tertiary/aromatic N) is 4. The number of anilines is 2. The number of fused-ring (bicyclic) bond motifs is 4. The lowest BCUT2D eigenvalue weighted by Crippen LogP contribution is -2.15. The molecular weight excluding hydrogens is 536 g/mol. The zero-order chi connectivity index (χ0) is 28.5. The average Bonchev–Trinajstić information content (AvgIpc) is 3.00. The number of aromatic nitrogens is 4. The van der Waals surface area contributed by atoms with Gasteiger partial charge in [0.1, 0.15) is 11.4 Å². The fourth-order valence-electron chi connectivity index (χ4n) is 4.50. The van der Waals surface area contributed by atoms with Crippen LogP contribution < -0.4 is 10.6 Å². The molecule has 6 aromatic rings. The molecule has 2 aromatic carbocycles. The number of carbonyl (C=O) groups excluding carboxylic acids is 2. The van der Waals surface area contributed by atoms with Crippen molar-refractivity contribution in [1.29, 1.82) is 0 Å². The first kappa shape index (κ1) is 25.8. The summed E-state index contributed by atoms with van der Waals surface area (Å²) in [4.78, 5) is 44.2. The fourth-order valence-corrected chi connectivity index (χ4v) is 4.75. The average molecular weight is 557 g/mol. The molecule has 6 rings (SSSR count). The van der Waals surface area contributed by atoms with E-state index in [9.17, 15) is 9.59 Å². The maximum absolute atomic E-state index is 13.2. The van der Waals surface area contributed by atoms with Gasteiger partial charge in [-0.1, -0.05) is 67.2 Å². The second kappa shape index (κ2) is 10.6. The van der Waals surface area contributed by atoms with Crippen LogP contribution in [0.1, 0.15) is 32.2 Å². The predicted octanol–water partition coefficient (Wildman–Crippen LogP) is 7.17. The van der Waals surface area contributed by atoms with Crippen LogP contribution in [-0.4, -0.2) is 31.8 Å². The second-order valence-corrected chi connectivity index (χ2v) is 9.56. The van der Waals surface area contributed by atoms with Gasteiger partial charge in [-0.3, -0.25) is 19.6 Å². The van der Waals surface area contributed by atoms with Gasteiger partial charge in [0.05, 0.1) is 51.0 Å². The number of rotatable bonds is 6. The summed E-state index contributed by atoms with van der Waals surface area (Å²) in [7, 11) is 0. The maximum atomic E-state index is 13.2. The lowest BCUT2D eigenvalue weighted by molar-refractivity contribution is 0.101. The van der Waals surface area contributed by atoms with E-state index in [0.29, 0.717) is 38.5 Å². The Kier molecular flexibility index (Phi) is 6.66. The molecule has 0 unspecified atom stereocenters. The molecule has 198 valence electrons. The first-order chi connectivity index (χ1) is 19.9. The van der Waals surface area contributed by atoms with Gasteiger partial charge in [-0.2, -0.15) is 0 Å². The van der Waals surface area contributed by atoms with E-state index in [1.807, 2.05) is 42.5 Å². The highest BCUT2D eigenvalue weighted by Gasteiger charge is 2.17. The molecule has 0 saturated carbocycles. The summed E-state index contributed by atoms with van der Waals surface area (Å²) in [5, 5.41) is 8.22. The number of hydrogen-bond acceptors (Lipinski definition) is 6. The third kappa shape index (κ3) is 4.99. The summed E-state index contributed by atoms with van der Waals surface area (Å²) in [6, 6.07) is 19.8. The largest absolute Gasteiger partial charge is 0.319 e. The molecule has 0 radical (unpaired) electrons. The van der Waals surface area contributed by atoms with Crippen LogP contribution in [0.2, 0.25) is 5.02 Å². The normalized spacial score (nSPS) is 11.0. The summed E-state index contributed by atoms with van der Waals surface area (Å²) in [5.41, 5.74) is 4.32. The van der Waals surface area contributed by atoms with E-state index in [2.05, 4.69) is 43.7 Å². The molecule has 2 amide bonds. The van der Waals surface area contributed by atoms with E-state index < -0.39 is 11.8 Å². The lowest BCUT2D eigenvalue weighted by Gasteiger charge is -2.10. The standard InChI is InChI=1S/C32H21ClN6O2/c1-3-18-13-21(16-34-25(18)4-2)36-31(40)27-12-10-19-9-11-23-24(33)15-28(39-30(23)29(19)38-27)32(41)37-22-14-20-7-5-6-8-26(20)35-17-22/h3-17H,1-2H2,(H,36,40)(H,37,41). The first-order valence-electron chi connectivity index (χ1n) is 12.6. The third-order valence-corrected chi connectivity index (χ3v) is 6.84. The van der Waals surface area contributed by atoms with Crippen molar-refractivity contribution in [3.05, 3.63) is 120 Å². The number of pyridine rings is 4. The molecule has 0 bridgehead atoms. The monoisotopic (exact) mass is 556 g/mol. The van der Waals surface area contributed by atoms with Gasteiger partial charge in [0, 0.05) is 21.7 Å². The zero-order valence-electron chi connectivity index (χ0n) is 21.6. The molecule has 0 fully saturated rings. The predicted molar refractivity (Wildman–Crippen MR) is 164 cm³/mol. The molecule has 8 nitrogen and oxygen atoms in total. The van der Waals surface area contributed by atoms with Gasteiger partial charge in [-0.05, 0) is 36.4 Å². The van der Waals surface area contributed by atoms with Gasteiger partial charge in [-0.15, -0.1) is 0 Å².